The first-order chi connectivity index (χ1) is 16.6. The SMILES string of the molecule is CCC(CC)(CNC(=O)CCC(C)(C)NC(=O)OCC1c2ccccc2-c2ccccc21)C(=O)O. The highest BCUT2D eigenvalue weighted by molar-refractivity contribution is 5.80. The molecule has 0 fully saturated rings. The number of hydrogen-bond donors (Lipinski definition) is 3. The largest absolute Gasteiger partial charge is 0.481 e. The fraction of sp³-hybridized carbons (Fsp3) is 0.464. The number of amides is 2. The number of ether oxygens (including phenoxy) is 1. The van der Waals surface area contributed by atoms with Gasteiger partial charge in [-0.25, -0.2) is 4.79 Å². The Bertz CT molecular complexity index is 1030. The molecule has 0 spiro atoms. The number of fused-ring (bicyclic) bond motifs is 3. The van der Waals surface area contributed by atoms with Gasteiger partial charge in [0.1, 0.15) is 6.61 Å². The average molecular weight is 481 g/mol. The van der Waals surface area contributed by atoms with E-state index in [4.69, 9.17) is 4.74 Å². The Kier molecular flexibility index (Phi) is 8.20. The zero-order chi connectivity index (χ0) is 25.6. The van der Waals surface area contributed by atoms with Crippen molar-refractivity contribution in [2.24, 2.45) is 5.41 Å². The second-order valence-corrected chi connectivity index (χ2v) is 9.90. The van der Waals surface area contributed by atoms with E-state index >= 15 is 0 Å². The average Bonchev–Trinajstić information content (AvgIpc) is 3.16. The smallest absolute Gasteiger partial charge is 0.407 e. The van der Waals surface area contributed by atoms with Gasteiger partial charge in [-0.1, -0.05) is 62.4 Å². The van der Waals surface area contributed by atoms with Gasteiger partial charge in [-0.2, -0.15) is 0 Å². The number of carbonyl (C=O) groups excluding carboxylic acids is 2. The second kappa shape index (κ2) is 10.9. The van der Waals surface area contributed by atoms with Crippen LogP contribution in [0.2, 0.25) is 0 Å². The van der Waals surface area contributed by atoms with E-state index in [9.17, 15) is 19.5 Å². The molecule has 7 heteroatoms. The molecule has 0 radical (unpaired) electrons. The minimum absolute atomic E-state index is 0.0197. The van der Waals surface area contributed by atoms with Crippen molar-refractivity contribution in [3.8, 4) is 11.1 Å². The van der Waals surface area contributed by atoms with Crippen LogP contribution >= 0.6 is 0 Å². The molecule has 2 aromatic rings. The molecule has 0 heterocycles. The third kappa shape index (κ3) is 6.02. The molecule has 1 aliphatic carbocycles. The van der Waals surface area contributed by atoms with E-state index in [1.807, 2.05) is 52.0 Å². The Labute approximate surface area is 207 Å². The number of benzene rings is 2. The maximum absolute atomic E-state index is 12.6. The number of alkyl carbamates (subject to hydrolysis) is 1. The first kappa shape index (κ1) is 26.3. The number of carboxylic acid groups (broad SMARTS) is 1. The maximum Gasteiger partial charge on any atom is 0.407 e. The molecule has 0 unspecified atom stereocenters. The van der Waals surface area contributed by atoms with Gasteiger partial charge in [0, 0.05) is 24.4 Å². The molecule has 0 atom stereocenters. The van der Waals surface area contributed by atoms with E-state index in [0.29, 0.717) is 19.3 Å². The van der Waals surface area contributed by atoms with Gasteiger partial charge in [0.15, 0.2) is 0 Å². The predicted molar refractivity (Wildman–Crippen MR) is 135 cm³/mol. The molecule has 0 aliphatic heterocycles. The monoisotopic (exact) mass is 480 g/mol. The summed E-state index contributed by atoms with van der Waals surface area (Å²) in [4.78, 5) is 36.6. The quantitative estimate of drug-likeness (QED) is 0.415. The lowest BCUT2D eigenvalue weighted by Gasteiger charge is -2.28. The van der Waals surface area contributed by atoms with Crippen LogP contribution in [0.3, 0.4) is 0 Å². The number of carbonyl (C=O) groups is 3. The van der Waals surface area contributed by atoms with Crippen LogP contribution in [0, 0.1) is 5.41 Å². The molecule has 1 aliphatic rings. The molecule has 7 nitrogen and oxygen atoms in total. The Morgan fingerprint density at radius 2 is 1.49 bits per heavy atom. The van der Waals surface area contributed by atoms with Crippen LogP contribution in [-0.4, -0.2) is 41.8 Å². The molecule has 2 amide bonds. The zero-order valence-electron chi connectivity index (χ0n) is 21.0. The first-order valence-corrected chi connectivity index (χ1v) is 12.3. The van der Waals surface area contributed by atoms with Gasteiger partial charge < -0.3 is 20.5 Å². The van der Waals surface area contributed by atoms with Crippen LogP contribution in [0.5, 0.6) is 0 Å². The van der Waals surface area contributed by atoms with Gasteiger partial charge in [0.05, 0.1) is 5.41 Å². The van der Waals surface area contributed by atoms with Crippen LogP contribution in [-0.2, 0) is 14.3 Å². The van der Waals surface area contributed by atoms with Gasteiger partial charge in [-0.3, -0.25) is 9.59 Å². The number of carboxylic acids is 1. The summed E-state index contributed by atoms with van der Waals surface area (Å²) in [6.45, 7) is 7.61. The van der Waals surface area contributed by atoms with E-state index < -0.39 is 23.0 Å². The van der Waals surface area contributed by atoms with Crippen LogP contribution in [0.4, 0.5) is 4.79 Å². The van der Waals surface area contributed by atoms with E-state index in [1.54, 1.807) is 0 Å². The predicted octanol–water partition coefficient (Wildman–Crippen LogP) is 5.09. The Morgan fingerprint density at radius 3 is 2.00 bits per heavy atom. The number of nitrogens with one attached hydrogen (secondary N) is 2. The summed E-state index contributed by atoms with van der Waals surface area (Å²) in [6, 6.07) is 16.3. The van der Waals surface area contributed by atoms with Gasteiger partial charge in [-0.15, -0.1) is 0 Å². The first-order valence-electron chi connectivity index (χ1n) is 12.3. The third-order valence-electron chi connectivity index (χ3n) is 7.19. The van der Waals surface area contributed by atoms with E-state index in [1.165, 1.54) is 11.1 Å². The lowest BCUT2D eigenvalue weighted by Crippen LogP contribution is -2.46. The van der Waals surface area contributed by atoms with Gasteiger partial charge >= 0.3 is 12.1 Å². The van der Waals surface area contributed by atoms with Gasteiger partial charge in [0.2, 0.25) is 5.91 Å². The van der Waals surface area contributed by atoms with E-state index in [2.05, 4.69) is 34.9 Å². The molecule has 3 N–H and O–H groups in total. The fourth-order valence-corrected chi connectivity index (χ4v) is 4.63. The Hall–Kier alpha value is -3.35. The van der Waals surface area contributed by atoms with Crippen molar-refractivity contribution in [3.05, 3.63) is 59.7 Å². The maximum atomic E-state index is 12.6. The molecule has 2 aromatic carbocycles. The van der Waals surface area contributed by atoms with Crippen LogP contribution in [0.25, 0.3) is 11.1 Å². The van der Waals surface area contributed by atoms with Crippen molar-refractivity contribution in [2.75, 3.05) is 13.2 Å². The molecule has 188 valence electrons. The van der Waals surface area contributed by atoms with Crippen molar-refractivity contribution >= 4 is 18.0 Å². The second-order valence-electron chi connectivity index (χ2n) is 9.90. The lowest BCUT2D eigenvalue weighted by atomic mass is 9.82. The standard InChI is InChI=1S/C28H36N2O5/c1-5-28(6-2,25(32)33)18-29-24(31)15-16-27(3,4)30-26(34)35-17-23-21-13-9-7-11-19(21)20-12-8-10-14-22(20)23/h7-14,23H,5-6,15-18H2,1-4H3,(H,29,31)(H,30,34)(H,32,33). The highest BCUT2D eigenvalue weighted by Crippen LogP contribution is 2.44. The highest BCUT2D eigenvalue weighted by Gasteiger charge is 2.35. The summed E-state index contributed by atoms with van der Waals surface area (Å²) >= 11 is 0. The Morgan fingerprint density at radius 1 is 0.943 bits per heavy atom. The van der Waals surface area contributed by atoms with Crippen molar-refractivity contribution in [2.45, 2.75) is 64.8 Å². The van der Waals surface area contributed by atoms with Crippen LogP contribution in [0.15, 0.2) is 48.5 Å². The lowest BCUT2D eigenvalue weighted by molar-refractivity contribution is -0.149. The van der Waals surface area contributed by atoms with Gasteiger partial charge in [-0.05, 0) is 55.4 Å². The topological polar surface area (TPSA) is 105 Å². The molecule has 0 saturated carbocycles. The minimum Gasteiger partial charge on any atom is -0.481 e. The molecule has 0 bridgehead atoms. The molecule has 3 rings (SSSR count). The van der Waals surface area contributed by atoms with Crippen LogP contribution in [0.1, 0.15) is 70.4 Å². The normalized spacial score (nSPS) is 13.0. The van der Waals surface area contributed by atoms with Crippen molar-refractivity contribution in [1.82, 2.24) is 10.6 Å². The summed E-state index contributed by atoms with van der Waals surface area (Å²) in [5.74, 6) is -1.16. The number of rotatable bonds is 11. The summed E-state index contributed by atoms with van der Waals surface area (Å²) in [7, 11) is 0. The molecule has 35 heavy (non-hydrogen) atoms. The summed E-state index contributed by atoms with van der Waals surface area (Å²) in [5, 5.41) is 15.1. The summed E-state index contributed by atoms with van der Waals surface area (Å²) in [5.41, 5.74) is 3.01. The van der Waals surface area contributed by atoms with Crippen molar-refractivity contribution in [1.29, 1.82) is 0 Å². The van der Waals surface area contributed by atoms with Crippen LogP contribution < -0.4 is 10.6 Å². The van der Waals surface area contributed by atoms with Gasteiger partial charge in [0.25, 0.3) is 0 Å². The van der Waals surface area contributed by atoms with E-state index in [-0.39, 0.29) is 31.4 Å². The molecule has 0 saturated heterocycles. The molecular weight excluding hydrogens is 444 g/mol. The molecular formula is C28H36N2O5. The van der Waals surface area contributed by atoms with Crippen molar-refractivity contribution in [3.63, 3.8) is 0 Å². The minimum atomic E-state index is -0.954. The van der Waals surface area contributed by atoms with Crippen molar-refractivity contribution < 1.29 is 24.2 Å². The fourth-order valence-electron chi connectivity index (χ4n) is 4.63. The molecule has 0 aromatic heterocycles. The highest BCUT2D eigenvalue weighted by atomic mass is 16.5. The number of aliphatic carboxylic acids is 1. The number of hydrogen-bond acceptors (Lipinski definition) is 4. The summed E-state index contributed by atoms with van der Waals surface area (Å²) in [6.07, 6.45) is 0.905. The Balaban J connectivity index is 1.50. The summed E-state index contributed by atoms with van der Waals surface area (Å²) < 4.78 is 5.61. The van der Waals surface area contributed by atoms with E-state index in [0.717, 1.165) is 11.1 Å². The zero-order valence-corrected chi connectivity index (χ0v) is 21.0. The third-order valence-corrected chi connectivity index (χ3v) is 7.19.